The molecule has 1 aromatic heterocycles. The first kappa shape index (κ1) is 14.3. The summed E-state index contributed by atoms with van der Waals surface area (Å²) in [6.07, 6.45) is 3.40. The number of hydrogen-bond acceptors (Lipinski definition) is 4. The molecule has 0 aliphatic carbocycles. The third-order valence-electron chi connectivity index (χ3n) is 3.05. The number of nitrogen functional groups attached to an aromatic ring is 1. The third-order valence-corrected chi connectivity index (χ3v) is 4.76. The van der Waals surface area contributed by atoms with Gasteiger partial charge in [-0.3, -0.25) is 5.41 Å². The van der Waals surface area contributed by atoms with Crippen molar-refractivity contribution in [1.29, 1.82) is 5.41 Å². The first-order chi connectivity index (χ1) is 9.40. The molecule has 2 rings (SSSR count). The molecule has 20 heavy (non-hydrogen) atoms. The zero-order valence-corrected chi connectivity index (χ0v) is 11.9. The molecule has 0 aliphatic rings. The van der Waals surface area contributed by atoms with Crippen LogP contribution in [0.15, 0.2) is 41.6 Å². The summed E-state index contributed by atoms with van der Waals surface area (Å²) in [5.74, 6) is 0.707. The Bertz CT molecular complexity index is 717. The molecule has 0 spiro atoms. The number of aromatic nitrogens is 2. The Kier molecular flexibility index (Phi) is 3.89. The maximum absolute atomic E-state index is 12.2. The van der Waals surface area contributed by atoms with E-state index in [1.54, 1.807) is 17.0 Å². The van der Waals surface area contributed by atoms with E-state index in [1.165, 1.54) is 24.3 Å². The molecule has 106 valence electrons. The van der Waals surface area contributed by atoms with Gasteiger partial charge in [0.2, 0.25) is 0 Å². The maximum Gasteiger partial charge on any atom is 0.180 e. The van der Waals surface area contributed by atoms with Crippen molar-refractivity contribution in [1.82, 2.24) is 9.55 Å². The van der Waals surface area contributed by atoms with Crippen LogP contribution in [0.2, 0.25) is 0 Å². The van der Waals surface area contributed by atoms with Crippen LogP contribution in [-0.2, 0) is 16.4 Å². The molecule has 0 radical (unpaired) electrons. The van der Waals surface area contributed by atoms with Gasteiger partial charge in [-0.15, -0.1) is 0 Å². The average molecular weight is 292 g/mol. The van der Waals surface area contributed by atoms with Crippen LogP contribution < -0.4 is 5.73 Å². The van der Waals surface area contributed by atoms with Crippen LogP contribution in [0.5, 0.6) is 0 Å². The topological polar surface area (TPSA) is 102 Å². The summed E-state index contributed by atoms with van der Waals surface area (Å²) in [6.45, 7) is 2.19. The van der Waals surface area contributed by atoms with Crippen LogP contribution in [0.25, 0.3) is 0 Å². The number of nitrogens with two attached hydrogens (primary N) is 1. The van der Waals surface area contributed by atoms with Gasteiger partial charge in [0.05, 0.1) is 10.6 Å². The lowest BCUT2D eigenvalue weighted by molar-refractivity contribution is 0.587. The van der Waals surface area contributed by atoms with Crippen molar-refractivity contribution in [2.45, 2.75) is 18.4 Å². The van der Waals surface area contributed by atoms with Crippen molar-refractivity contribution in [3.8, 4) is 0 Å². The standard InChI is InChI=1S/C13H16N4O2S/c1-10-16-6-7-17(10)8-9-20(18,19)12-4-2-11(3-5-12)13(14)15/h2-7H,8-9H2,1H3,(H3,14,15). The molecule has 3 N–H and O–H groups in total. The average Bonchev–Trinajstić information content (AvgIpc) is 2.82. The Morgan fingerprint density at radius 3 is 2.50 bits per heavy atom. The van der Waals surface area contributed by atoms with E-state index in [0.29, 0.717) is 12.1 Å². The molecule has 0 aliphatic heterocycles. The summed E-state index contributed by atoms with van der Waals surface area (Å²) in [5, 5.41) is 7.28. The zero-order chi connectivity index (χ0) is 14.8. The number of hydrogen-bond donors (Lipinski definition) is 2. The van der Waals surface area contributed by atoms with Gasteiger partial charge in [0.15, 0.2) is 9.84 Å². The minimum atomic E-state index is -3.36. The molecule has 0 bridgehead atoms. The highest BCUT2D eigenvalue weighted by Gasteiger charge is 2.15. The molecule has 0 fully saturated rings. The number of aryl methyl sites for hydroxylation is 2. The molecule has 0 saturated heterocycles. The lowest BCUT2D eigenvalue weighted by Crippen LogP contribution is -2.15. The van der Waals surface area contributed by atoms with E-state index in [9.17, 15) is 8.42 Å². The zero-order valence-electron chi connectivity index (χ0n) is 11.1. The lowest BCUT2D eigenvalue weighted by atomic mass is 10.2. The van der Waals surface area contributed by atoms with Gasteiger partial charge < -0.3 is 10.3 Å². The van der Waals surface area contributed by atoms with Crippen molar-refractivity contribution in [2.75, 3.05) is 5.75 Å². The number of amidine groups is 1. The Morgan fingerprint density at radius 1 is 1.35 bits per heavy atom. The maximum atomic E-state index is 12.2. The second kappa shape index (κ2) is 5.46. The first-order valence-corrected chi connectivity index (χ1v) is 7.70. The van der Waals surface area contributed by atoms with Crippen molar-refractivity contribution < 1.29 is 8.42 Å². The summed E-state index contributed by atoms with van der Waals surface area (Å²) >= 11 is 0. The van der Waals surface area contributed by atoms with Gasteiger partial charge in [-0.1, -0.05) is 12.1 Å². The van der Waals surface area contributed by atoms with Gasteiger partial charge in [-0.2, -0.15) is 0 Å². The Morgan fingerprint density at radius 2 is 2.00 bits per heavy atom. The molecule has 2 aromatic rings. The summed E-state index contributed by atoms with van der Waals surface area (Å²) in [4.78, 5) is 4.29. The second-order valence-corrected chi connectivity index (χ2v) is 6.53. The Hall–Kier alpha value is -2.15. The van der Waals surface area contributed by atoms with E-state index in [1.807, 2.05) is 6.92 Å². The van der Waals surface area contributed by atoms with E-state index in [4.69, 9.17) is 11.1 Å². The number of benzene rings is 1. The summed E-state index contributed by atoms with van der Waals surface area (Å²) in [5.41, 5.74) is 5.84. The summed E-state index contributed by atoms with van der Waals surface area (Å²) < 4.78 is 26.2. The van der Waals surface area contributed by atoms with Crippen LogP contribution in [-0.4, -0.2) is 29.6 Å². The lowest BCUT2D eigenvalue weighted by Gasteiger charge is -2.07. The number of rotatable bonds is 5. The smallest absolute Gasteiger partial charge is 0.180 e. The Labute approximate surface area is 117 Å². The quantitative estimate of drug-likeness (QED) is 0.632. The SMILES string of the molecule is Cc1nccn1CCS(=O)(=O)c1ccc(C(=N)N)cc1. The molecule has 0 unspecified atom stereocenters. The minimum absolute atomic E-state index is 0.00359. The van der Waals surface area contributed by atoms with Gasteiger partial charge in [0, 0.05) is 24.5 Å². The van der Waals surface area contributed by atoms with Crippen LogP contribution >= 0.6 is 0 Å². The fourth-order valence-corrected chi connectivity index (χ4v) is 3.04. The molecular formula is C13H16N4O2S. The Balaban J connectivity index is 2.14. The van der Waals surface area contributed by atoms with Crippen LogP contribution in [0.4, 0.5) is 0 Å². The van der Waals surface area contributed by atoms with Crippen molar-refractivity contribution in [2.24, 2.45) is 5.73 Å². The van der Waals surface area contributed by atoms with Gasteiger partial charge in [-0.25, -0.2) is 13.4 Å². The van der Waals surface area contributed by atoms with Gasteiger partial charge in [0.1, 0.15) is 11.7 Å². The first-order valence-electron chi connectivity index (χ1n) is 6.05. The number of imidazole rings is 1. The molecule has 1 aromatic carbocycles. The fraction of sp³-hybridized carbons (Fsp3) is 0.231. The molecule has 1 heterocycles. The molecular weight excluding hydrogens is 276 g/mol. The van der Waals surface area contributed by atoms with E-state index in [0.717, 1.165) is 5.82 Å². The molecule has 0 amide bonds. The second-order valence-electron chi connectivity index (χ2n) is 4.42. The molecule has 6 nitrogen and oxygen atoms in total. The third kappa shape index (κ3) is 3.05. The van der Waals surface area contributed by atoms with Crippen molar-refractivity contribution in [3.63, 3.8) is 0 Å². The van der Waals surface area contributed by atoms with Gasteiger partial charge in [-0.05, 0) is 19.1 Å². The monoisotopic (exact) mass is 292 g/mol. The van der Waals surface area contributed by atoms with Crippen LogP contribution in [0.3, 0.4) is 0 Å². The van der Waals surface area contributed by atoms with Gasteiger partial charge in [0.25, 0.3) is 0 Å². The van der Waals surface area contributed by atoms with E-state index in [-0.39, 0.29) is 16.5 Å². The normalized spacial score (nSPS) is 11.4. The van der Waals surface area contributed by atoms with E-state index >= 15 is 0 Å². The highest BCUT2D eigenvalue weighted by Crippen LogP contribution is 2.13. The minimum Gasteiger partial charge on any atom is -0.384 e. The number of nitrogens with one attached hydrogen (secondary N) is 1. The predicted molar refractivity (Wildman–Crippen MR) is 76.5 cm³/mol. The molecule has 0 saturated carbocycles. The fourth-order valence-electron chi connectivity index (χ4n) is 1.82. The predicted octanol–water partition coefficient (Wildman–Crippen LogP) is 0.949. The number of sulfone groups is 1. The molecule has 7 heteroatoms. The summed E-state index contributed by atoms with van der Waals surface area (Å²) in [6, 6.07) is 6.04. The highest BCUT2D eigenvalue weighted by molar-refractivity contribution is 7.91. The van der Waals surface area contributed by atoms with E-state index in [2.05, 4.69) is 4.98 Å². The highest BCUT2D eigenvalue weighted by atomic mass is 32.2. The number of nitrogens with zero attached hydrogens (tertiary/aromatic N) is 2. The van der Waals surface area contributed by atoms with E-state index < -0.39 is 9.84 Å². The molecule has 0 atom stereocenters. The van der Waals surface area contributed by atoms with Crippen molar-refractivity contribution >= 4 is 15.7 Å². The van der Waals surface area contributed by atoms with Crippen molar-refractivity contribution in [3.05, 3.63) is 48.0 Å². The largest absolute Gasteiger partial charge is 0.384 e. The summed E-state index contributed by atoms with van der Waals surface area (Å²) in [7, 11) is -3.36. The van der Waals surface area contributed by atoms with Crippen LogP contribution in [0, 0.1) is 12.3 Å². The van der Waals surface area contributed by atoms with Crippen LogP contribution in [0.1, 0.15) is 11.4 Å². The van der Waals surface area contributed by atoms with Gasteiger partial charge >= 0.3 is 0 Å².